The molecule has 2 unspecified atom stereocenters. The van der Waals surface area contributed by atoms with E-state index in [0.717, 1.165) is 0 Å². The van der Waals surface area contributed by atoms with Gasteiger partial charge in [-0.2, -0.15) is 0 Å². The Morgan fingerprint density at radius 3 is 2.15 bits per heavy atom. The number of hydrogen-bond donors (Lipinski definition) is 2. The third-order valence-electron chi connectivity index (χ3n) is 2.78. The minimum absolute atomic E-state index is 0.610. The molecule has 20 heavy (non-hydrogen) atoms. The summed E-state index contributed by atoms with van der Waals surface area (Å²) in [6.45, 7) is 4.00. The van der Waals surface area contributed by atoms with E-state index in [9.17, 15) is 10.2 Å². The normalized spacial score (nSPS) is 12.8. The van der Waals surface area contributed by atoms with Crippen LogP contribution in [0.15, 0.2) is 48.8 Å². The molecule has 4 nitrogen and oxygen atoms in total. The zero-order valence-corrected chi connectivity index (χ0v) is 12.0. The van der Waals surface area contributed by atoms with Crippen molar-refractivity contribution in [1.29, 1.82) is 0 Å². The summed E-state index contributed by atoms with van der Waals surface area (Å²) in [5.74, 6) is 0.647. The lowest BCUT2D eigenvalue weighted by Crippen LogP contribution is -2.10. The third kappa shape index (κ3) is 4.05. The van der Waals surface area contributed by atoms with Gasteiger partial charge in [0.15, 0.2) is 0 Å². The number of rotatable bonds is 4. The van der Waals surface area contributed by atoms with Crippen LogP contribution in [0.25, 0.3) is 0 Å². The number of hydrogen-bond acceptors (Lipinski definition) is 4. The SMILES string of the molecule is CC.COc1cccc(C(O)C(O)c2ccncc2)c1. The molecule has 108 valence electrons. The summed E-state index contributed by atoms with van der Waals surface area (Å²) in [5, 5.41) is 20.2. The van der Waals surface area contributed by atoms with E-state index in [1.165, 1.54) is 0 Å². The average Bonchev–Trinajstić information content (AvgIpc) is 2.56. The van der Waals surface area contributed by atoms with Crippen LogP contribution in [0.5, 0.6) is 5.75 Å². The first-order valence-corrected chi connectivity index (χ1v) is 6.62. The highest BCUT2D eigenvalue weighted by molar-refractivity contribution is 5.31. The van der Waals surface area contributed by atoms with Gasteiger partial charge in [0.25, 0.3) is 0 Å². The quantitative estimate of drug-likeness (QED) is 0.900. The molecule has 0 fully saturated rings. The first-order valence-electron chi connectivity index (χ1n) is 6.62. The van der Waals surface area contributed by atoms with Crippen LogP contribution < -0.4 is 4.74 Å². The van der Waals surface area contributed by atoms with Crippen molar-refractivity contribution in [2.75, 3.05) is 7.11 Å². The number of aliphatic hydroxyl groups excluding tert-OH is 2. The van der Waals surface area contributed by atoms with Gasteiger partial charge in [-0.05, 0) is 35.4 Å². The largest absolute Gasteiger partial charge is 0.497 e. The number of benzene rings is 1. The zero-order chi connectivity index (χ0) is 15.0. The average molecular weight is 275 g/mol. The Hall–Kier alpha value is -1.91. The number of pyridine rings is 1. The van der Waals surface area contributed by atoms with E-state index >= 15 is 0 Å². The second-order valence-electron chi connectivity index (χ2n) is 3.95. The molecule has 2 rings (SSSR count). The van der Waals surface area contributed by atoms with E-state index in [1.54, 1.807) is 55.9 Å². The molecule has 0 radical (unpaired) electrons. The molecule has 0 spiro atoms. The molecule has 0 aliphatic heterocycles. The van der Waals surface area contributed by atoms with E-state index < -0.39 is 12.2 Å². The van der Waals surface area contributed by atoms with Crippen molar-refractivity contribution in [2.45, 2.75) is 26.1 Å². The zero-order valence-electron chi connectivity index (χ0n) is 12.0. The summed E-state index contributed by atoms with van der Waals surface area (Å²) in [6.07, 6.45) is 1.18. The van der Waals surface area contributed by atoms with Crippen molar-refractivity contribution >= 4 is 0 Å². The van der Waals surface area contributed by atoms with Crippen LogP contribution in [0, 0.1) is 0 Å². The molecule has 2 aromatic rings. The minimum Gasteiger partial charge on any atom is -0.497 e. The van der Waals surface area contributed by atoms with Crippen LogP contribution in [-0.2, 0) is 0 Å². The minimum atomic E-state index is -0.998. The highest BCUT2D eigenvalue weighted by atomic mass is 16.5. The fourth-order valence-electron chi connectivity index (χ4n) is 1.75. The molecule has 0 aliphatic carbocycles. The van der Waals surface area contributed by atoms with Gasteiger partial charge in [-0.3, -0.25) is 4.98 Å². The summed E-state index contributed by atoms with van der Waals surface area (Å²) in [5.41, 5.74) is 1.24. The van der Waals surface area contributed by atoms with Crippen LogP contribution in [0.2, 0.25) is 0 Å². The summed E-state index contributed by atoms with van der Waals surface area (Å²) in [4.78, 5) is 3.87. The summed E-state index contributed by atoms with van der Waals surface area (Å²) in [7, 11) is 1.56. The Kier molecular flexibility index (Phi) is 6.70. The van der Waals surface area contributed by atoms with Crippen molar-refractivity contribution in [3.63, 3.8) is 0 Å². The molecular formula is C16H21NO3. The van der Waals surface area contributed by atoms with Crippen molar-refractivity contribution in [3.8, 4) is 5.75 Å². The van der Waals surface area contributed by atoms with Crippen LogP contribution >= 0.6 is 0 Å². The van der Waals surface area contributed by atoms with Gasteiger partial charge in [0.05, 0.1) is 7.11 Å². The van der Waals surface area contributed by atoms with Gasteiger partial charge >= 0.3 is 0 Å². The predicted octanol–water partition coefficient (Wildman–Crippen LogP) is 2.88. The number of aromatic nitrogens is 1. The number of methoxy groups -OCH3 is 1. The van der Waals surface area contributed by atoms with Gasteiger partial charge in [0, 0.05) is 12.4 Å². The summed E-state index contributed by atoms with van der Waals surface area (Å²) in [6, 6.07) is 10.4. The van der Waals surface area contributed by atoms with Gasteiger partial charge in [-0.1, -0.05) is 26.0 Å². The van der Waals surface area contributed by atoms with Gasteiger partial charge in [0.2, 0.25) is 0 Å². The molecule has 0 aliphatic rings. The molecule has 2 atom stereocenters. The van der Waals surface area contributed by atoms with E-state index in [0.29, 0.717) is 16.9 Å². The summed E-state index contributed by atoms with van der Waals surface area (Å²) < 4.78 is 5.09. The van der Waals surface area contributed by atoms with Crippen LogP contribution in [0.3, 0.4) is 0 Å². The van der Waals surface area contributed by atoms with E-state index in [1.807, 2.05) is 13.8 Å². The number of nitrogens with zero attached hydrogens (tertiary/aromatic N) is 1. The molecule has 0 saturated carbocycles. The smallest absolute Gasteiger partial charge is 0.119 e. The molecule has 1 aromatic carbocycles. The van der Waals surface area contributed by atoms with Crippen LogP contribution in [-0.4, -0.2) is 22.3 Å². The van der Waals surface area contributed by atoms with E-state index in [2.05, 4.69) is 4.98 Å². The number of ether oxygens (including phenoxy) is 1. The maximum Gasteiger partial charge on any atom is 0.119 e. The molecular weight excluding hydrogens is 254 g/mol. The lowest BCUT2D eigenvalue weighted by atomic mass is 9.99. The predicted molar refractivity (Wildman–Crippen MR) is 78.5 cm³/mol. The van der Waals surface area contributed by atoms with Gasteiger partial charge < -0.3 is 14.9 Å². The second-order valence-corrected chi connectivity index (χ2v) is 3.95. The van der Waals surface area contributed by atoms with Gasteiger partial charge in [-0.15, -0.1) is 0 Å². The van der Waals surface area contributed by atoms with Crippen LogP contribution in [0.4, 0.5) is 0 Å². The Bertz CT molecular complexity index is 502. The second kappa shape index (κ2) is 8.30. The highest BCUT2D eigenvalue weighted by Gasteiger charge is 2.20. The molecule has 0 bridgehead atoms. The van der Waals surface area contributed by atoms with E-state index in [4.69, 9.17) is 4.74 Å². The summed E-state index contributed by atoms with van der Waals surface area (Å²) >= 11 is 0. The van der Waals surface area contributed by atoms with Gasteiger partial charge in [0.1, 0.15) is 18.0 Å². The Morgan fingerprint density at radius 1 is 0.950 bits per heavy atom. The molecule has 1 heterocycles. The lowest BCUT2D eigenvalue weighted by molar-refractivity contribution is 0.0171. The monoisotopic (exact) mass is 275 g/mol. The van der Waals surface area contributed by atoms with Crippen molar-refractivity contribution < 1.29 is 14.9 Å². The maximum absolute atomic E-state index is 10.1. The van der Waals surface area contributed by atoms with Crippen LogP contribution in [0.1, 0.15) is 37.2 Å². The molecule has 2 N–H and O–H groups in total. The van der Waals surface area contributed by atoms with Crippen molar-refractivity contribution in [2.24, 2.45) is 0 Å². The van der Waals surface area contributed by atoms with Crippen molar-refractivity contribution in [1.82, 2.24) is 4.98 Å². The molecule has 4 heteroatoms. The van der Waals surface area contributed by atoms with Crippen molar-refractivity contribution in [3.05, 3.63) is 59.9 Å². The topological polar surface area (TPSA) is 62.6 Å². The lowest BCUT2D eigenvalue weighted by Gasteiger charge is -2.18. The fourth-order valence-corrected chi connectivity index (χ4v) is 1.75. The Morgan fingerprint density at radius 2 is 1.55 bits per heavy atom. The first-order chi connectivity index (χ1) is 9.72. The molecule has 0 saturated heterocycles. The molecule has 1 aromatic heterocycles. The number of aliphatic hydroxyl groups is 2. The first kappa shape index (κ1) is 16.1. The fraction of sp³-hybridized carbons (Fsp3) is 0.312. The van der Waals surface area contributed by atoms with Gasteiger partial charge in [-0.25, -0.2) is 0 Å². The third-order valence-corrected chi connectivity index (χ3v) is 2.78. The maximum atomic E-state index is 10.1. The highest BCUT2D eigenvalue weighted by Crippen LogP contribution is 2.29. The standard InChI is InChI=1S/C14H15NO3.C2H6/c1-18-12-4-2-3-11(9-12)14(17)13(16)10-5-7-15-8-6-10;1-2/h2-9,13-14,16-17H,1H3;1-2H3. The molecule has 0 amide bonds. The Balaban J connectivity index is 0.000000956. The van der Waals surface area contributed by atoms with E-state index in [-0.39, 0.29) is 0 Å². The Labute approximate surface area is 119 Å².